The van der Waals surface area contributed by atoms with Crippen LogP contribution in [0.5, 0.6) is 5.75 Å². The molecule has 0 aliphatic rings. The van der Waals surface area contributed by atoms with Gasteiger partial charge in [0.2, 0.25) is 17.6 Å². The Balaban J connectivity index is 1.37. The van der Waals surface area contributed by atoms with Crippen LogP contribution in [0.2, 0.25) is 0 Å². The standard InChI is InChI=1S/C23H27N5O4/c1-2-3-4-5-15-31-19-10-8-17(9-11-19)23(30)27-26-20(29)12-13-21-25-22(28-32-21)18-7-6-14-24-16-18/h6-11,14,16H,2-5,12-13,15H2,1H3,(H,26,29)(H,27,30). The number of hydrogen-bond donors (Lipinski definition) is 2. The van der Waals surface area contributed by atoms with Gasteiger partial charge < -0.3 is 9.26 Å². The van der Waals surface area contributed by atoms with Crippen molar-refractivity contribution < 1.29 is 18.8 Å². The number of unbranched alkanes of at least 4 members (excludes halogenated alkanes) is 3. The van der Waals surface area contributed by atoms with Gasteiger partial charge in [-0.05, 0) is 42.8 Å². The molecule has 0 saturated carbocycles. The lowest BCUT2D eigenvalue weighted by Crippen LogP contribution is -2.41. The minimum Gasteiger partial charge on any atom is -0.494 e. The molecule has 0 radical (unpaired) electrons. The van der Waals surface area contributed by atoms with E-state index in [-0.39, 0.29) is 18.7 Å². The van der Waals surface area contributed by atoms with Crippen LogP contribution in [0.3, 0.4) is 0 Å². The minimum atomic E-state index is -0.413. The average molecular weight is 438 g/mol. The molecule has 1 aromatic carbocycles. The molecular formula is C23H27N5O4. The van der Waals surface area contributed by atoms with Gasteiger partial charge in [0.1, 0.15) is 5.75 Å². The van der Waals surface area contributed by atoms with Crippen molar-refractivity contribution in [2.24, 2.45) is 0 Å². The summed E-state index contributed by atoms with van der Waals surface area (Å²) in [4.78, 5) is 32.5. The van der Waals surface area contributed by atoms with Crippen molar-refractivity contribution >= 4 is 11.8 Å². The summed E-state index contributed by atoms with van der Waals surface area (Å²) in [6, 6.07) is 10.4. The molecule has 0 aliphatic heterocycles. The average Bonchev–Trinajstić information content (AvgIpc) is 3.31. The maximum Gasteiger partial charge on any atom is 0.269 e. The molecule has 0 bridgehead atoms. The predicted molar refractivity (Wildman–Crippen MR) is 118 cm³/mol. The van der Waals surface area contributed by atoms with Crippen LogP contribution in [0, 0.1) is 0 Å². The fraction of sp³-hybridized carbons (Fsp3) is 0.348. The molecule has 32 heavy (non-hydrogen) atoms. The highest BCUT2D eigenvalue weighted by molar-refractivity contribution is 5.95. The van der Waals surface area contributed by atoms with Crippen molar-refractivity contribution in [2.45, 2.75) is 45.4 Å². The van der Waals surface area contributed by atoms with E-state index in [1.165, 1.54) is 12.8 Å². The van der Waals surface area contributed by atoms with Crippen molar-refractivity contribution in [1.82, 2.24) is 26.0 Å². The molecule has 0 spiro atoms. The number of amides is 2. The molecule has 0 fully saturated rings. The fourth-order valence-corrected chi connectivity index (χ4v) is 2.87. The topological polar surface area (TPSA) is 119 Å². The Kier molecular flexibility index (Phi) is 8.73. The van der Waals surface area contributed by atoms with Crippen molar-refractivity contribution in [3.8, 4) is 17.1 Å². The van der Waals surface area contributed by atoms with Crippen molar-refractivity contribution in [2.75, 3.05) is 6.61 Å². The summed E-state index contributed by atoms with van der Waals surface area (Å²) in [5.41, 5.74) is 5.93. The number of carbonyl (C=O) groups is 2. The van der Waals surface area contributed by atoms with E-state index in [0.717, 1.165) is 18.4 Å². The summed E-state index contributed by atoms with van der Waals surface area (Å²) in [6.07, 6.45) is 8.16. The van der Waals surface area contributed by atoms with Crippen LogP contribution in [-0.2, 0) is 11.2 Å². The maximum atomic E-state index is 12.2. The van der Waals surface area contributed by atoms with E-state index in [4.69, 9.17) is 9.26 Å². The van der Waals surface area contributed by atoms with E-state index in [1.807, 2.05) is 6.07 Å². The number of hydrogen-bond acceptors (Lipinski definition) is 7. The predicted octanol–water partition coefficient (Wildman–Crippen LogP) is 3.48. The first-order valence-corrected chi connectivity index (χ1v) is 10.7. The molecule has 2 aromatic heterocycles. The van der Waals surface area contributed by atoms with Gasteiger partial charge in [0, 0.05) is 36.4 Å². The first kappa shape index (κ1) is 22.9. The van der Waals surface area contributed by atoms with Crippen LogP contribution in [-0.4, -0.2) is 33.5 Å². The van der Waals surface area contributed by atoms with E-state index >= 15 is 0 Å². The van der Waals surface area contributed by atoms with Gasteiger partial charge in [-0.3, -0.25) is 25.4 Å². The number of rotatable bonds is 11. The summed E-state index contributed by atoms with van der Waals surface area (Å²) < 4.78 is 10.8. The Morgan fingerprint density at radius 1 is 1.06 bits per heavy atom. The molecule has 2 amide bonds. The van der Waals surface area contributed by atoms with E-state index in [0.29, 0.717) is 29.6 Å². The second-order valence-corrected chi connectivity index (χ2v) is 7.19. The van der Waals surface area contributed by atoms with Crippen molar-refractivity contribution in [3.63, 3.8) is 0 Å². The molecule has 0 saturated heterocycles. The largest absolute Gasteiger partial charge is 0.494 e. The van der Waals surface area contributed by atoms with Crippen LogP contribution < -0.4 is 15.6 Å². The Morgan fingerprint density at radius 2 is 1.91 bits per heavy atom. The molecular weight excluding hydrogens is 410 g/mol. The van der Waals surface area contributed by atoms with Gasteiger partial charge in [-0.15, -0.1) is 0 Å². The van der Waals surface area contributed by atoms with Crippen molar-refractivity contribution in [1.29, 1.82) is 0 Å². The zero-order chi connectivity index (χ0) is 22.6. The van der Waals surface area contributed by atoms with Crippen molar-refractivity contribution in [3.05, 3.63) is 60.2 Å². The van der Waals surface area contributed by atoms with Gasteiger partial charge in [-0.1, -0.05) is 31.3 Å². The first-order valence-electron chi connectivity index (χ1n) is 10.7. The van der Waals surface area contributed by atoms with Crippen LogP contribution >= 0.6 is 0 Å². The van der Waals surface area contributed by atoms with Crippen LogP contribution in [0.25, 0.3) is 11.4 Å². The SMILES string of the molecule is CCCCCCOc1ccc(C(=O)NNC(=O)CCc2nc(-c3cccnc3)no2)cc1. The summed E-state index contributed by atoms with van der Waals surface area (Å²) in [6.45, 7) is 2.83. The molecule has 2 heterocycles. The molecule has 3 aromatic rings. The quantitative estimate of drug-likeness (QED) is 0.348. The number of aryl methyl sites for hydroxylation is 1. The highest BCUT2D eigenvalue weighted by atomic mass is 16.5. The molecule has 0 aliphatic carbocycles. The van der Waals surface area contributed by atoms with Crippen LogP contribution in [0.4, 0.5) is 0 Å². The Labute approximate surface area is 186 Å². The van der Waals surface area contributed by atoms with Gasteiger partial charge in [0.25, 0.3) is 5.91 Å². The second-order valence-electron chi connectivity index (χ2n) is 7.19. The number of nitrogens with one attached hydrogen (secondary N) is 2. The number of hydrazine groups is 1. The third-order valence-corrected chi connectivity index (χ3v) is 4.65. The second kappa shape index (κ2) is 12.2. The van der Waals surface area contributed by atoms with Gasteiger partial charge in [-0.25, -0.2) is 0 Å². The molecule has 9 nitrogen and oxygen atoms in total. The summed E-state index contributed by atoms with van der Waals surface area (Å²) in [5.74, 6) is 0.675. The summed E-state index contributed by atoms with van der Waals surface area (Å²) >= 11 is 0. The molecule has 168 valence electrons. The minimum absolute atomic E-state index is 0.0831. The highest BCUT2D eigenvalue weighted by Crippen LogP contribution is 2.15. The van der Waals surface area contributed by atoms with Crippen LogP contribution in [0.15, 0.2) is 53.3 Å². The normalized spacial score (nSPS) is 10.5. The van der Waals surface area contributed by atoms with E-state index < -0.39 is 5.91 Å². The number of carbonyl (C=O) groups excluding carboxylic acids is 2. The van der Waals surface area contributed by atoms with Gasteiger partial charge in [0.15, 0.2) is 0 Å². The zero-order valence-electron chi connectivity index (χ0n) is 18.0. The number of ether oxygens (including phenoxy) is 1. The third-order valence-electron chi connectivity index (χ3n) is 4.65. The van der Waals surface area contributed by atoms with Gasteiger partial charge in [0.05, 0.1) is 6.61 Å². The van der Waals surface area contributed by atoms with E-state index in [2.05, 4.69) is 32.9 Å². The lowest BCUT2D eigenvalue weighted by Gasteiger charge is -2.08. The molecule has 0 unspecified atom stereocenters. The van der Waals surface area contributed by atoms with Gasteiger partial charge in [-0.2, -0.15) is 4.98 Å². The molecule has 2 N–H and O–H groups in total. The molecule has 0 atom stereocenters. The van der Waals surface area contributed by atoms with Gasteiger partial charge >= 0.3 is 0 Å². The highest BCUT2D eigenvalue weighted by Gasteiger charge is 2.12. The third kappa shape index (κ3) is 7.19. The summed E-state index contributed by atoms with van der Waals surface area (Å²) in [7, 11) is 0. The van der Waals surface area contributed by atoms with E-state index in [1.54, 1.807) is 42.7 Å². The number of aromatic nitrogens is 3. The number of benzene rings is 1. The molecule has 9 heteroatoms. The maximum absolute atomic E-state index is 12.2. The zero-order valence-corrected chi connectivity index (χ0v) is 18.0. The smallest absolute Gasteiger partial charge is 0.269 e. The summed E-state index contributed by atoms with van der Waals surface area (Å²) in [5, 5.41) is 3.88. The number of nitrogens with zero attached hydrogens (tertiary/aromatic N) is 3. The fourth-order valence-electron chi connectivity index (χ4n) is 2.87. The van der Waals surface area contributed by atoms with Crippen LogP contribution in [0.1, 0.15) is 55.3 Å². The molecule has 3 rings (SSSR count). The lowest BCUT2D eigenvalue weighted by atomic mass is 10.2. The monoisotopic (exact) mass is 437 g/mol. The Hall–Kier alpha value is -3.75. The van der Waals surface area contributed by atoms with E-state index in [9.17, 15) is 9.59 Å². The number of pyridine rings is 1. The Bertz CT molecular complexity index is 989. The lowest BCUT2D eigenvalue weighted by molar-refractivity contribution is -0.121. The Morgan fingerprint density at radius 3 is 2.66 bits per heavy atom. The first-order chi connectivity index (χ1) is 15.7.